The number of nitrogens with one attached hydrogen (secondary N) is 2. The molecule has 8 nitrogen and oxygen atoms in total. The van der Waals surface area contributed by atoms with Crippen LogP contribution in [0.1, 0.15) is 17.5 Å². The summed E-state index contributed by atoms with van der Waals surface area (Å²) in [6.07, 6.45) is 2.79. The number of urea groups is 1. The van der Waals surface area contributed by atoms with Gasteiger partial charge in [0.15, 0.2) is 0 Å². The Morgan fingerprint density at radius 1 is 1.45 bits per heavy atom. The highest BCUT2D eigenvalue weighted by Crippen LogP contribution is 2.03. The third-order valence-electron chi connectivity index (χ3n) is 2.58. The van der Waals surface area contributed by atoms with E-state index in [4.69, 9.17) is 10.8 Å². The number of amides is 3. The first kappa shape index (κ1) is 15.4. The maximum Gasteiger partial charge on any atom is 0.326 e. The number of rotatable bonds is 6. The van der Waals surface area contributed by atoms with Crippen LogP contribution in [0.5, 0.6) is 0 Å². The van der Waals surface area contributed by atoms with Crippen molar-refractivity contribution in [2.45, 2.75) is 25.9 Å². The first-order valence-corrected chi connectivity index (χ1v) is 5.85. The Hall–Kier alpha value is -2.64. The van der Waals surface area contributed by atoms with Crippen molar-refractivity contribution in [2.75, 3.05) is 0 Å². The molecule has 0 saturated carbocycles. The molecule has 1 atom stereocenters. The molecule has 5 N–H and O–H groups in total. The molecule has 1 aromatic heterocycles. The van der Waals surface area contributed by atoms with Gasteiger partial charge in [-0.1, -0.05) is 0 Å². The van der Waals surface area contributed by atoms with Crippen molar-refractivity contribution in [1.82, 2.24) is 15.6 Å². The number of aliphatic carboxylic acids is 1. The van der Waals surface area contributed by atoms with Gasteiger partial charge < -0.3 is 21.5 Å². The Morgan fingerprint density at radius 2 is 2.15 bits per heavy atom. The second-order valence-corrected chi connectivity index (χ2v) is 4.19. The number of hydrogen-bond donors (Lipinski definition) is 4. The van der Waals surface area contributed by atoms with E-state index in [0.717, 1.165) is 11.1 Å². The van der Waals surface area contributed by atoms with Crippen LogP contribution in [-0.2, 0) is 16.1 Å². The highest BCUT2D eigenvalue weighted by Gasteiger charge is 2.21. The summed E-state index contributed by atoms with van der Waals surface area (Å²) in [7, 11) is 0. The Morgan fingerprint density at radius 3 is 2.70 bits per heavy atom. The second-order valence-electron chi connectivity index (χ2n) is 4.19. The predicted octanol–water partition coefficient (Wildman–Crippen LogP) is -0.482. The first-order valence-electron chi connectivity index (χ1n) is 5.85. The van der Waals surface area contributed by atoms with Gasteiger partial charge in [0, 0.05) is 18.9 Å². The molecule has 0 aromatic carbocycles. The third-order valence-corrected chi connectivity index (χ3v) is 2.58. The van der Waals surface area contributed by atoms with Crippen LogP contribution in [0.25, 0.3) is 0 Å². The van der Waals surface area contributed by atoms with Gasteiger partial charge in [-0.25, -0.2) is 9.59 Å². The average molecular weight is 280 g/mol. The van der Waals surface area contributed by atoms with E-state index in [1.165, 1.54) is 0 Å². The fourth-order valence-corrected chi connectivity index (χ4v) is 1.49. The van der Waals surface area contributed by atoms with E-state index in [1.807, 2.05) is 6.92 Å². The molecule has 3 amide bonds. The number of carboxylic acid groups (broad SMARTS) is 1. The predicted molar refractivity (Wildman–Crippen MR) is 69.6 cm³/mol. The molecule has 1 aromatic rings. The summed E-state index contributed by atoms with van der Waals surface area (Å²) >= 11 is 0. The summed E-state index contributed by atoms with van der Waals surface area (Å²) in [6.45, 7) is 2.07. The van der Waals surface area contributed by atoms with E-state index in [9.17, 15) is 14.4 Å². The summed E-state index contributed by atoms with van der Waals surface area (Å²) in [5, 5.41) is 13.5. The molecule has 20 heavy (non-hydrogen) atoms. The Bertz CT molecular complexity index is 518. The molecule has 0 radical (unpaired) electrons. The van der Waals surface area contributed by atoms with Gasteiger partial charge in [-0.15, -0.1) is 0 Å². The Balaban J connectivity index is 2.52. The maximum absolute atomic E-state index is 11.6. The number of nitrogens with zero attached hydrogens (tertiary/aromatic N) is 1. The molecular weight excluding hydrogens is 264 g/mol. The van der Waals surface area contributed by atoms with Crippen LogP contribution >= 0.6 is 0 Å². The van der Waals surface area contributed by atoms with Crippen molar-refractivity contribution in [3.8, 4) is 0 Å². The number of carboxylic acids is 1. The van der Waals surface area contributed by atoms with E-state index in [0.29, 0.717) is 0 Å². The number of aromatic nitrogens is 1. The van der Waals surface area contributed by atoms with E-state index in [2.05, 4.69) is 15.6 Å². The molecule has 0 bridgehead atoms. The van der Waals surface area contributed by atoms with Crippen LogP contribution in [0.2, 0.25) is 0 Å². The standard InChI is InChI=1S/C12H16N4O4/c1-7-5-14-3-2-8(7)6-15-12(20)16-9(11(18)19)4-10(13)17/h2-3,5,9H,4,6H2,1H3,(H2,13,17)(H,18,19)(H2,15,16,20)/t9-/m0/s1. The summed E-state index contributed by atoms with van der Waals surface area (Å²) in [5.74, 6) is -2.12. The molecule has 0 aliphatic rings. The van der Waals surface area contributed by atoms with Gasteiger partial charge in [-0.2, -0.15) is 0 Å². The second kappa shape index (κ2) is 7.07. The van der Waals surface area contributed by atoms with E-state index < -0.39 is 30.4 Å². The number of aryl methyl sites for hydroxylation is 1. The fourth-order valence-electron chi connectivity index (χ4n) is 1.49. The van der Waals surface area contributed by atoms with Crippen LogP contribution in [0.3, 0.4) is 0 Å². The zero-order valence-corrected chi connectivity index (χ0v) is 10.9. The lowest BCUT2D eigenvalue weighted by atomic mass is 10.1. The number of hydrogen-bond acceptors (Lipinski definition) is 4. The van der Waals surface area contributed by atoms with Crippen molar-refractivity contribution >= 4 is 17.9 Å². The van der Waals surface area contributed by atoms with Crippen LogP contribution < -0.4 is 16.4 Å². The minimum absolute atomic E-state index is 0.225. The molecule has 0 unspecified atom stereocenters. The Kier molecular flexibility index (Phi) is 5.45. The third kappa shape index (κ3) is 4.92. The molecule has 108 valence electrons. The van der Waals surface area contributed by atoms with Crippen LogP contribution in [0.4, 0.5) is 4.79 Å². The summed E-state index contributed by atoms with van der Waals surface area (Å²) in [4.78, 5) is 37.0. The van der Waals surface area contributed by atoms with E-state index in [1.54, 1.807) is 18.5 Å². The Labute approximate surface area is 115 Å². The van der Waals surface area contributed by atoms with Gasteiger partial charge in [0.1, 0.15) is 6.04 Å². The minimum Gasteiger partial charge on any atom is -0.480 e. The number of primary amides is 1. The van der Waals surface area contributed by atoms with Gasteiger partial charge >= 0.3 is 12.0 Å². The highest BCUT2D eigenvalue weighted by molar-refractivity contribution is 5.87. The molecule has 0 spiro atoms. The van der Waals surface area contributed by atoms with Crippen molar-refractivity contribution in [3.63, 3.8) is 0 Å². The average Bonchev–Trinajstić information content (AvgIpc) is 2.36. The summed E-state index contributed by atoms with van der Waals surface area (Å²) in [6, 6.07) is -0.283. The molecule has 1 rings (SSSR count). The van der Waals surface area contributed by atoms with Gasteiger partial charge in [0.25, 0.3) is 0 Å². The van der Waals surface area contributed by atoms with Crippen LogP contribution in [-0.4, -0.2) is 34.0 Å². The lowest BCUT2D eigenvalue weighted by Gasteiger charge is -2.14. The monoisotopic (exact) mass is 280 g/mol. The summed E-state index contributed by atoms with van der Waals surface area (Å²) in [5.41, 5.74) is 6.67. The maximum atomic E-state index is 11.6. The number of carbonyl (C=O) groups excluding carboxylic acids is 2. The van der Waals surface area contributed by atoms with Crippen molar-refractivity contribution in [3.05, 3.63) is 29.6 Å². The molecule has 1 heterocycles. The lowest BCUT2D eigenvalue weighted by Crippen LogP contribution is -2.47. The molecule has 0 saturated heterocycles. The van der Waals surface area contributed by atoms with Crippen molar-refractivity contribution in [2.24, 2.45) is 5.73 Å². The quantitative estimate of drug-likeness (QED) is 0.558. The molecule has 0 aliphatic carbocycles. The lowest BCUT2D eigenvalue weighted by molar-refractivity contribution is -0.140. The molecular formula is C12H16N4O4. The number of nitrogens with two attached hydrogens (primary N) is 1. The van der Waals surface area contributed by atoms with Gasteiger partial charge in [-0.3, -0.25) is 9.78 Å². The van der Waals surface area contributed by atoms with Gasteiger partial charge in [0.05, 0.1) is 6.42 Å². The topological polar surface area (TPSA) is 134 Å². The minimum atomic E-state index is -1.34. The van der Waals surface area contributed by atoms with Crippen LogP contribution in [0.15, 0.2) is 18.5 Å². The van der Waals surface area contributed by atoms with Gasteiger partial charge in [0.2, 0.25) is 5.91 Å². The van der Waals surface area contributed by atoms with Crippen molar-refractivity contribution in [1.29, 1.82) is 0 Å². The SMILES string of the molecule is Cc1cnccc1CNC(=O)N[C@@H](CC(N)=O)C(=O)O. The zero-order valence-electron chi connectivity index (χ0n) is 10.9. The largest absolute Gasteiger partial charge is 0.480 e. The first-order chi connectivity index (χ1) is 9.40. The summed E-state index contributed by atoms with van der Waals surface area (Å²) < 4.78 is 0. The van der Waals surface area contributed by atoms with E-state index >= 15 is 0 Å². The van der Waals surface area contributed by atoms with Crippen molar-refractivity contribution < 1.29 is 19.5 Å². The number of carbonyl (C=O) groups is 3. The normalized spacial score (nSPS) is 11.4. The fraction of sp³-hybridized carbons (Fsp3) is 0.333. The smallest absolute Gasteiger partial charge is 0.326 e. The molecule has 0 fully saturated rings. The zero-order chi connectivity index (χ0) is 15.1. The van der Waals surface area contributed by atoms with E-state index in [-0.39, 0.29) is 6.54 Å². The number of pyridine rings is 1. The van der Waals surface area contributed by atoms with Gasteiger partial charge in [-0.05, 0) is 24.1 Å². The molecule has 0 aliphatic heterocycles. The molecule has 8 heteroatoms. The highest BCUT2D eigenvalue weighted by atomic mass is 16.4. The van der Waals surface area contributed by atoms with Crippen LogP contribution in [0, 0.1) is 6.92 Å².